The lowest BCUT2D eigenvalue weighted by Crippen LogP contribution is -2.23. The number of hydrogen-bond acceptors (Lipinski definition) is 4. The molecule has 4 nitrogen and oxygen atoms in total. The van der Waals surface area contributed by atoms with Crippen LogP contribution in [0.5, 0.6) is 0 Å². The van der Waals surface area contributed by atoms with Crippen LogP contribution in [0.2, 0.25) is 0 Å². The minimum atomic E-state index is -0.577. The fourth-order valence-corrected chi connectivity index (χ4v) is 2.00. The van der Waals surface area contributed by atoms with Gasteiger partial charge in [-0.2, -0.15) is 0 Å². The molecule has 0 spiro atoms. The van der Waals surface area contributed by atoms with E-state index in [1.54, 1.807) is 24.3 Å². The number of esters is 2. The van der Waals surface area contributed by atoms with E-state index in [0.29, 0.717) is 25.7 Å². The van der Waals surface area contributed by atoms with Crippen LogP contribution in [0.15, 0.2) is 50.6 Å². The molecule has 2 unspecified atom stereocenters. The summed E-state index contributed by atoms with van der Waals surface area (Å²) in [5.41, 5.74) is 0. The van der Waals surface area contributed by atoms with E-state index in [0.717, 1.165) is 12.8 Å². The van der Waals surface area contributed by atoms with Crippen molar-refractivity contribution < 1.29 is 19.1 Å². The summed E-state index contributed by atoms with van der Waals surface area (Å²) >= 11 is 0. The van der Waals surface area contributed by atoms with Crippen LogP contribution in [0.4, 0.5) is 0 Å². The first kappa shape index (κ1) is 20.9. The van der Waals surface area contributed by atoms with Crippen LogP contribution in [0, 0.1) is 0 Å². The number of allylic oxidation sites excluding steroid dienone is 2. The van der Waals surface area contributed by atoms with E-state index in [2.05, 4.69) is 26.3 Å². The lowest BCUT2D eigenvalue weighted by molar-refractivity contribution is -0.160. The third-order valence-electron chi connectivity index (χ3n) is 3.13. The van der Waals surface area contributed by atoms with Gasteiger partial charge in [0.15, 0.2) is 0 Å². The highest BCUT2D eigenvalue weighted by molar-refractivity contribution is 5.91. The normalized spacial score (nSPS) is 12.5. The zero-order valence-corrected chi connectivity index (χ0v) is 13.9. The fraction of sp³-hybridized carbons (Fsp3) is 0.474. The van der Waals surface area contributed by atoms with Gasteiger partial charge in [0.05, 0.1) is 0 Å². The second-order valence-corrected chi connectivity index (χ2v) is 5.18. The predicted octanol–water partition coefficient (Wildman–Crippen LogP) is 4.28. The van der Waals surface area contributed by atoms with E-state index in [1.807, 2.05) is 0 Å². The van der Waals surface area contributed by atoms with Crippen LogP contribution in [0.25, 0.3) is 0 Å². The number of rotatable bonds is 14. The van der Waals surface area contributed by atoms with Crippen molar-refractivity contribution in [3.8, 4) is 0 Å². The van der Waals surface area contributed by atoms with E-state index in [1.165, 1.54) is 0 Å². The van der Waals surface area contributed by atoms with Crippen molar-refractivity contribution in [3.05, 3.63) is 50.6 Å². The number of ether oxygens (including phenoxy) is 2. The first-order valence-electron chi connectivity index (χ1n) is 7.89. The molecule has 0 aromatic carbocycles. The SMILES string of the molecule is C=CCCC(CC=C)OC(=O)CC(=O)OC(CC=C)CCC=C. The highest BCUT2D eigenvalue weighted by Crippen LogP contribution is 2.12. The van der Waals surface area contributed by atoms with Gasteiger partial charge in [0.25, 0.3) is 0 Å². The van der Waals surface area contributed by atoms with Gasteiger partial charge in [-0.05, 0) is 25.7 Å². The van der Waals surface area contributed by atoms with Gasteiger partial charge < -0.3 is 9.47 Å². The minimum absolute atomic E-state index is 0.282. The maximum absolute atomic E-state index is 11.8. The molecule has 0 aliphatic rings. The van der Waals surface area contributed by atoms with E-state index in [4.69, 9.17) is 9.47 Å². The molecular weight excluding hydrogens is 292 g/mol. The van der Waals surface area contributed by atoms with Crippen molar-refractivity contribution in [2.45, 2.75) is 57.2 Å². The van der Waals surface area contributed by atoms with E-state index in [9.17, 15) is 9.59 Å². The molecule has 0 radical (unpaired) electrons. The Morgan fingerprint density at radius 3 is 1.43 bits per heavy atom. The molecule has 2 atom stereocenters. The molecule has 0 saturated heterocycles. The maximum atomic E-state index is 11.8. The average molecular weight is 320 g/mol. The molecule has 0 aliphatic heterocycles. The largest absolute Gasteiger partial charge is 0.462 e. The van der Waals surface area contributed by atoms with Gasteiger partial charge in [-0.1, -0.05) is 24.3 Å². The Bertz CT molecular complexity index is 374. The maximum Gasteiger partial charge on any atom is 0.317 e. The van der Waals surface area contributed by atoms with Crippen LogP contribution in [0.3, 0.4) is 0 Å². The first-order valence-corrected chi connectivity index (χ1v) is 7.89. The molecule has 0 aromatic heterocycles. The number of hydrogen-bond donors (Lipinski definition) is 0. The molecule has 0 bridgehead atoms. The summed E-state index contributed by atoms with van der Waals surface area (Å²) in [5.74, 6) is -1.15. The Hall–Kier alpha value is -2.10. The van der Waals surface area contributed by atoms with E-state index < -0.39 is 11.9 Å². The molecule has 0 aromatic rings. The Labute approximate surface area is 139 Å². The lowest BCUT2D eigenvalue weighted by atomic mass is 10.1. The van der Waals surface area contributed by atoms with Crippen molar-refractivity contribution in [1.29, 1.82) is 0 Å². The van der Waals surface area contributed by atoms with Crippen LogP contribution in [-0.4, -0.2) is 24.1 Å². The van der Waals surface area contributed by atoms with Crippen LogP contribution in [-0.2, 0) is 19.1 Å². The smallest absolute Gasteiger partial charge is 0.317 e. The van der Waals surface area contributed by atoms with Gasteiger partial charge in [0.2, 0.25) is 0 Å². The van der Waals surface area contributed by atoms with E-state index in [-0.39, 0.29) is 18.6 Å². The predicted molar refractivity (Wildman–Crippen MR) is 92.9 cm³/mol. The molecule has 23 heavy (non-hydrogen) atoms. The molecule has 128 valence electrons. The van der Waals surface area contributed by atoms with Crippen molar-refractivity contribution >= 4 is 11.9 Å². The van der Waals surface area contributed by atoms with Gasteiger partial charge in [-0.25, -0.2) is 0 Å². The number of carbonyl (C=O) groups is 2. The van der Waals surface area contributed by atoms with Gasteiger partial charge >= 0.3 is 11.9 Å². The summed E-state index contributed by atoms with van der Waals surface area (Å²) < 4.78 is 10.6. The Morgan fingerprint density at radius 1 is 0.739 bits per heavy atom. The van der Waals surface area contributed by atoms with Gasteiger partial charge in [-0.15, -0.1) is 26.3 Å². The first-order chi connectivity index (χ1) is 11.1. The quantitative estimate of drug-likeness (QED) is 0.272. The third kappa shape index (κ3) is 11.2. The molecule has 0 fully saturated rings. The Kier molecular flexibility index (Phi) is 12.3. The summed E-state index contributed by atoms with van der Waals surface area (Å²) in [6.45, 7) is 14.6. The fourth-order valence-electron chi connectivity index (χ4n) is 2.00. The van der Waals surface area contributed by atoms with Gasteiger partial charge in [0, 0.05) is 12.8 Å². The van der Waals surface area contributed by atoms with E-state index >= 15 is 0 Å². The van der Waals surface area contributed by atoms with Crippen molar-refractivity contribution in [1.82, 2.24) is 0 Å². The topological polar surface area (TPSA) is 52.6 Å². The molecule has 0 heterocycles. The third-order valence-corrected chi connectivity index (χ3v) is 3.13. The zero-order chi connectivity index (χ0) is 17.5. The second-order valence-electron chi connectivity index (χ2n) is 5.18. The average Bonchev–Trinajstić information content (AvgIpc) is 2.50. The number of carbonyl (C=O) groups excluding carboxylic acids is 2. The molecular formula is C19H28O4. The molecule has 4 heteroatoms. The lowest BCUT2D eigenvalue weighted by Gasteiger charge is -2.17. The summed E-state index contributed by atoms with van der Waals surface area (Å²) in [4.78, 5) is 23.7. The monoisotopic (exact) mass is 320 g/mol. The summed E-state index contributed by atoms with van der Waals surface area (Å²) in [5, 5.41) is 0. The van der Waals surface area contributed by atoms with Gasteiger partial charge in [0.1, 0.15) is 18.6 Å². The summed E-state index contributed by atoms with van der Waals surface area (Å²) in [6.07, 6.45) is 9.84. The minimum Gasteiger partial charge on any atom is -0.462 e. The molecule has 0 amide bonds. The van der Waals surface area contributed by atoms with Crippen molar-refractivity contribution in [2.24, 2.45) is 0 Å². The molecule has 0 aliphatic carbocycles. The Balaban J connectivity index is 4.35. The molecule has 0 N–H and O–H groups in total. The highest BCUT2D eigenvalue weighted by atomic mass is 16.6. The highest BCUT2D eigenvalue weighted by Gasteiger charge is 2.19. The molecule has 0 rings (SSSR count). The molecule has 0 saturated carbocycles. The Morgan fingerprint density at radius 2 is 1.13 bits per heavy atom. The zero-order valence-electron chi connectivity index (χ0n) is 13.9. The second kappa shape index (κ2) is 13.6. The van der Waals surface area contributed by atoms with Crippen LogP contribution in [0.1, 0.15) is 44.9 Å². The van der Waals surface area contributed by atoms with Gasteiger partial charge in [-0.3, -0.25) is 9.59 Å². The van der Waals surface area contributed by atoms with Crippen LogP contribution >= 0.6 is 0 Å². The summed E-state index contributed by atoms with van der Waals surface area (Å²) in [7, 11) is 0. The summed E-state index contributed by atoms with van der Waals surface area (Å²) in [6, 6.07) is 0. The standard InChI is InChI=1S/C19H28O4/c1-5-9-13-16(11-7-3)22-18(20)15-19(21)23-17(12-8-4)14-10-6-2/h5-8,16-17H,1-4,9-15H2. The van der Waals surface area contributed by atoms with Crippen molar-refractivity contribution in [3.63, 3.8) is 0 Å². The van der Waals surface area contributed by atoms with Crippen LogP contribution < -0.4 is 0 Å². The van der Waals surface area contributed by atoms with Crippen molar-refractivity contribution in [2.75, 3.05) is 0 Å².